The van der Waals surface area contributed by atoms with Gasteiger partial charge in [-0.15, -0.1) is 0 Å². The summed E-state index contributed by atoms with van der Waals surface area (Å²) >= 11 is 11.8. The lowest BCUT2D eigenvalue weighted by molar-refractivity contribution is 0.104. The van der Waals surface area contributed by atoms with Crippen molar-refractivity contribution in [2.24, 2.45) is 0 Å². The Labute approximate surface area is 99.1 Å². The van der Waals surface area contributed by atoms with Crippen LogP contribution in [0, 0.1) is 0 Å². The molecule has 2 nitrogen and oxygen atoms in total. The molecule has 0 aliphatic rings. The van der Waals surface area contributed by atoms with Crippen LogP contribution in [-0.4, -0.2) is 24.8 Å². The first-order chi connectivity index (χ1) is 7.02. The van der Waals surface area contributed by atoms with Crippen molar-refractivity contribution in [1.29, 1.82) is 0 Å². The number of carbonyl (C=O) groups is 1. The molecule has 0 aromatic heterocycles. The number of rotatable bonds is 3. The van der Waals surface area contributed by atoms with Crippen LogP contribution in [0.15, 0.2) is 30.5 Å². The molecular formula is C11H11Cl2NO. The molecule has 0 spiro atoms. The highest BCUT2D eigenvalue weighted by molar-refractivity contribution is 6.40. The van der Waals surface area contributed by atoms with Gasteiger partial charge in [-0.05, 0) is 12.1 Å². The average Bonchev–Trinajstić information content (AvgIpc) is 2.14. The van der Waals surface area contributed by atoms with Crippen molar-refractivity contribution in [2.75, 3.05) is 14.1 Å². The monoisotopic (exact) mass is 243 g/mol. The van der Waals surface area contributed by atoms with Gasteiger partial charge in [-0.3, -0.25) is 4.79 Å². The predicted octanol–water partition coefficient (Wildman–Crippen LogP) is 3.25. The predicted molar refractivity (Wildman–Crippen MR) is 63.6 cm³/mol. The molecule has 15 heavy (non-hydrogen) atoms. The first-order valence-electron chi connectivity index (χ1n) is 4.35. The average molecular weight is 244 g/mol. The van der Waals surface area contributed by atoms with E-state index in [0.29, 0.717) is 15.6 Å². The van der Waals surface area contributed by atoms with Gasteiger partial charge in [0.05, 0.1) is 15.6 Å². The molecule has 4 heteroatoms. The Kier molecular flexibility index (Phi) is 4.18. The highest BCUT2D eigenvalue weighted by Gasteiger charge is 2.11. The van der Waals surface area contributed by atoms with Crippen LogP contribution in [0.3, 0.4) is 0 Å². The van der Waals surface area contributed by atoms with Crippen molar-refractivity contribution in [1.82, 2.24) is 4.90 Å². The maximum Gasteiger partial charge on any atom is 0.190 e. The number of ketones is 1. The lowest BCUT2D eigenvalue weighted by atomic mass is 10.1. The van der Waals surface area contributed by atoms with Gasteiger partial charge in [0.2, 0.25) is 0 Å². The minimum atomic E-state index is -0.195. The van der Waals surface area contributed by atoms with Crippen LogP contribution in [0.1, 0.15) is 10.4 Å². The molecule has 0 atom stereocenters. The molecule has 1 aromatic rings. The zero-order chi connectivity index (χ0) is 11.4. The van der Waals surface area contributed by atoms with Crippen molar-refractivity contribution in [3.63, 3.8) is 0 Å². The molecule has 1 rings (SSSR count). The fraction of sp³-hybridized carbons (Fsp3) is 0.182. The lowest BCUT2D eigenvalue weighted by Crippen LogP contribution is -2.03. The highest BCUT2D eigenvalue weighted by atomic mass is 35.5. The third-order valence-electron chi connectivity index (χ3n) is 1.73. The van der Waals surface area contributed by atoms with Gasteiger partial charge in [0.1, 0.15) is 0 Å². The van der Waals surface area contributed by atoms with Crippen molar-refractivity contribution in [3.8, 4) is 0 Å². The van der Waals surface area contributed by atoms with Gasteiger partial charge in [0.25, 0.3) is 0 Å². The SMILES string of the molecule is CN(C)/C=C/C(=O)c1c(Cl)cccc1Cl. The van der Waals surface area contributed by atoms with Crippen LogP contribution in [0.2, 0.25) is 10.0 Å². The second kappa shape index (κ2) is 5.19. The first-order valence-corrected chi connectivity index (χ1v) is 5.11. The molecule has 0 radical (unpaired) electrons. The van der Waals surface area contributed by atoms with E-state index >= 15 is 0 Å². The topological polar surface area (TPSA) is 20.3 Å². The van der Waals surface area contributed by atoms with E-state index in [9.17, 15) is 4.79 Å². The second-order valence-electron chi connectivity index (χ2n) is 3.24. The number of hydrogen-bond donors (Lipinski definition) is 0. The Morgan fingerprint density at radius 3 is 2.27 bits per heavy atom. The van der Waals surface area contributed by atoms with Crippen LogP contribution >= 0.6 is 23.2 Å². The Bertz CT molecular complexity index is 379. The molecule has 80 valence electrons. The molecular weight excluding hydrogens is 233 g/mol. The Morgan fingerprint density at radius 2 is 1.80 bits per heavy atom. The van der Waals surface area contributed by atoms with Gasteiger partial charge < -0.3 is 4.90 Å². The second-order valence-corrected chi connectivity index (χ2v) is 4.05. The maximum absolute atomic E-state index is 11.7. The van der Waals surface area contributed by atoms with Crippen LogP contribution in [0.5, 0.6) is 0 Å². The zero-order valence-corrected chi connectivity index (χ0v) is 10.0. The standard InChI is InChI=1S/C11H11Cl2NO/c1-14(2)7-6-10(15)11-8(12)4-3-5-9(11)13/h3-7H,1-2H3/b7-6+. The first kappa shape index (κ1) is 12.1. The van der Waals surface area contributed by atoms with Crippen LogP contribution < -0.4 is 0 Å². The van der Waals surface area contributed by atoms with Gasteiger partial charge in [-0.25, -0.2) is 0 Å². The summed E-state index contributed by atoms with van der Waals surface area (Å²) in [6, 6.07) is 4.99. The van der Waals surface area contributed by atoms with Crippen LogP contribution in [0.4, 0.5) is 0 Å². The minimum absolute atomic E-state index is 0.195. The van der Waals surface area contributed by atoms with Crippen LogP contribution in [0.25, 0.3) is 0 Å². The zero-order valence-electron chi connectivity index (χ0n) is 8.50. The number of hydrogen-bond acceptors (Lipinski definition) is 2. The summed E-state index contributed by atoms with van der Waals surface area (Å²) in [6.07, 6.45) is 3.09. The Hall–Kier alpha value is -0.990. The third-order valence-corrected chi connectivity index (χ3v) is 2.36. The molecule has 0 unspecified atom stereocenters. The number of halogens is 2. The highest BCUT2D eigenvalue weighted by Crippen LogP contribution is 2.24. The number of benzene rings is 1. The Balaban J connectivity index is 3.01. The molecule has 0 aliphatic carbocycles. The molecule has 1 aromatic carbocycles. The van der Waals surface area contributed by atoms with Gasteiger partial charge in [-0.1, -0.05) is 29.3 Å². The number of carbonyl (C=O) groups excluding carboxylic acids is 1. The van der Waals surface area contributed by atoms with E-state index < -0.39 is 0 Å². The molecule has 0 aliphatic heterocycles. The molecule has 0 fully saturated rings. The fourth-order valence-corrected chi connectivity index (χ4v) is 1.62. The van der Waals surface area contributed by atoms with E-state index in [0.717, 1.165) is 0 Å². The summed E-state index contributed by atoms with van der Waals surface area (Å²) in [5.74, 6) is -0.195. The van der Waals surface area contributed by atoms with Crippen LogP contribution in [-0.2, 0) is 0 Å². The summed E-state index contributed by atoms with van der Waals surface area (Å²) in [4.78, 5) is 13.5. The minimum Gasteiger partial charge on any atom is -0.383 e. The van der Waals surface area contributed by atoms with Gasteiger partial charge in [0.15, 0.2) is 5.78 Å². The summed E-state index contributed by atoms with van der Waals surface area (Å²) in [5.41, 5.74) is 0.346. The maximum atomic E-state index is 11.7. The summed E-state index contributed by atoms with van der Waals surface area (Å²) in [6.45, 7) is 0. The smallest absolute Gasteiger partial charge is 0.190 e. The molecule has 0 N–H and O–H groups in total. The summed E-state index contributed by atoms with van der Waals surface area (Å²) < 4.78 is 0. The summed E-state index contributed by atoms with van der Waals surface area (Å²) in [7, 11) is 3.66. The van der Waals surface area contributed by atoms with E-state index in [1.165, 1.54) is 6.08 Å². The van der Waals surface area contributed by atoms with Gasteiger partial charge in [0, 0.05) is 26.4 Å². The third kappa shape index (κ3) is 3.26. The van der Waals surface area contributed by atoms with Crippen molar-refractivity contribution in [2.45, 2.75) is 0 Å². The van der Waals surface area contributed by atoms with Crippen molar-refractivity contribution < 1.29 is 4.79 Å². The van der Waals surface area contributed by atoms with Crippen molar-refractivity contribution >= 4 is 29.0 Å². The molecule has 0 bridgehead atoms. The van der Waals surface area contributed by atoms with Crippen molar-refractivity contribution in [3.05, 3.63) is 46.1 Å². The normalized spacial score (nSPS) is 10.7. The van der Waals surface area contributed by atoms with E-state index in [2.05, 4.69) is 0 Å². The number of nitrogens with zero attached hydrogens (tertiary/aromatic N) is 1. The van der Waals surface area contributed by atoms with E-state index in [1.54, 1.807) is 29.3 Å². The van der Waals surface area contributed by atoms with E-state index in [1.807, 2.05) is 14.1 Å². The summed E-state index contributed by atoms with van der Waals surface area (Å²) in [5, 5.41) is 0.742. The lowest BCUT2D eigenvalue weighted by Gasteiger charge is -2.05. The Morgan fingerprint density at radius 1 is 1.27 bits per heavy atom. The molecule has 0 saturated carbocycles. The van der Waals surface area contributed by atoms with E-state index in [-0.39, 0.29) is 5.78 Å². The fourth-order valence-electron chi connectivity index (χ4n) is 1.03. The molecule has 0 heterocycles. The molecule has 0 saturated heterocycles. The van der Waals surface area contributed by atoms with Gasteiger partial charge in [-0.2, -0.15) is 0 Å². The van der Waals surface area contributed by atoms with E-state index in [4.69, 9.17) is 23.2 Å². The number of allylic oxidation sites excluding steroid dienone is 1. The largest absolute Gasteiger partial charge is 0.383 e. The molecule has 0 amide bonds. The quantitative estimate of drug-likeness (QED) is 0.600. The van der Waals surface area contributed by atoms with Gasteiger partial charge >= 0.3 is 0 Å².